The lowest BCUT2D eigenvalue weighted by molar-refractivity contribution is -0.136. The molecule has 1 aromatic rings. The zero-order chi connectivity index (χ0) is 11.6. The van der Waals surface area contributed by atoms with Gasteiger partial charge in [-0.25, -0.2) is 13.8 Å². The van der Waals surface area contributed by atoms with Crippen LogP contribution in [0.1, 0.15) is 17.7 Å². The van der Waals surface area contributed by atoms with Gasteiger partial charge in [0.1, 0.15) is 9.39 Å². The van der Waals surface area contributed by atoms with Gasteiger partial charge in [0.2, 0.25) is 0 Å². The fourth-order valence-electron chi connectivity index (χ4n) is 0.949. The van der Waals surface area contributed by atoms with E-state index in [0.29, 0.717) is 10.0 Å². The number of nitrogens with zero attached hydrogens (tertiary/aromatic N) is 1. The normalized spacial score (nSPS) is 10.7. The Morgan fingerprint density at radius 3 is 2.67 bits per heavy atom. The van der Waals surface area contributed by atoms with Crippen LogP contribution in [0.25, 0.3) is 0 Å². The van der Waals surface area contributed by atoms with Crippen LogP contribution in [0.15, 0.2) is 10.5 Å². The summed E-state index contributed by atoms with van der Waals surface area (Å²) in [6, 6.07) is 1.14. The van der Waals surface area contributed by atoms with Gasteiger partial charge in [0.25, 0.3) is 6.43 Å². The number of carboxylic acid groups (broad SMARTS) is 1. The summed E-state index contributed by atoms with van der Waals surface area (Å²) in [5.74, 6) is -1.03. The van der Waals surface area contributed by atoms with Gasteiger partial charge in [-0.2, -0.15) is 0 Å². The molecule has 1 aromatic heterocycles. The molecule has 1 rings (SSSR count). The molecule has 0 aliphatic carbocycles. The van der Waals surface area contributed by atoms with E-state index in [4.69, 9.17) is 5.11 Å². The molecule has 0 aromatic carbocycles. The van der Waals surface area contributed by atoms with Gasteiger partial charge in [-0.15, -0.1) is 0 Å². The number of aromatic nitrogens is 1. The minimum atomic E-state index is -2.66. The van der Waals surface area contributed by atoms with Gasteiger partial charge in [-0.1, -0.05) is 15.9 Å². The van der Waals surface area contributed by atoms with Crippen LogP contribution in [0.2, 0.25) is 0 Å². The number of pyridine rings is 1. The van der Waals surface area contributed by atoms with E-state index in [1.807, 2.05) is 0 Å². The van der Waals surface area contributed by atoms with Crippen LogP contribution in [0.3, 0.4) is 0 Å². The lowest BCUT2D eigenvalue weighted by atomic mass is 10.2. The summed E-state index contributed by atoms with van der Waals surface area (Å²) in [5.41, 5.74) is 0.0490. The summed E-state index contributed by atoms with van der Waals surface area (Å²) in [6.07, 6.45) is -2.90. The maximum atomic E-state index is 12.3. The number of aliphatic carboxylic acids is 1. The fourth-order valence-corrected chi connectivity index (χ4v) is 2.64. The van der Waals surface area contributed by atoms with Crippen molar-refractivity contribution in [1.82, 2.24) is 4.98 Å². The Hall–Kier alpha value is -0.310. The molecule has 0 bridgehead atoms. The fraction of sp³-hybridized carbons (Fsp3) is 0.250. The summed E-state index contributed by atoms with van der Waals surface area (Å²) in [4.78, 5) is 14.1. The highest BCUT2D eigenvalue weighted by Gasteiger charge is 2.16. The Labute approximate surface area is 106 Å². The van der Waals surface area contributed by atoms with Crippen molar-refractivity contribution in [2.24, 2.45) is 0 Å². The maximum Gasteiger partial charge on any atom is 0.307 e. The number of hydrogen-bond donors (Lipinski definition) is 1. The standard InChI is InChI=1S/C8H5BrF2INO2/c9-4-2-5(7(10)11)13-8(12)3(4)1-6(14)15/h2,7H,1H2,(H,14,15). The summed E-state index contributed by atoms with van der Waals surface area (Å²) < 4.78 is 25.3. The number of rotatable bonds is 3. The molecule has 15 heavy (non-hydrogen) atoms. The molecule has 1 N–H and O–H groups in total. The lowest BCUT2D eigenvalue weighted by Crippen LogP contribution is -2.06. The van der Waals surface area contributed by atoms with Gasteiger partial charge in [0.05, 0.1) is 6.42 Å². The molecule has 0 unspecified atom stereocenters. The number of carboxylic acids is 1. The molecule has 0 amide bonds. The van der Waals surface area contributed by atoms with Crippen LogP contribution < -0.4 is 0 Å². The highest BCUT2D eigenvalue weighted by atomic mass is 127. The Bertz CT molecular complexity index is 377. The van der Waals surface area contributed by atoms with Gasteiger partial charge in [0, 0.05) is 10.0 Å². The Morgan fingerprint density at radius 2 is 2.27 bits per heavy atom. The van der Waals surface area contributed by atoms with E-state index < -0.39 is 12.4 Å². The molecule has 7 heteroatoms. The maximum absolute atomic E-state index is 12.3. The largest absolute Gasteiger partial charge is 0.481 e. The molecular formula is C8H5BrF2INO2. The van der Waals surface area contributed by atoms with Crippen LogP contribution in [-0.4, -0.2) is 16.1 Å². The van der Waals surface area contributed by atoms with Crippen molar-refractivity contribution < 1.29 is 18.7 Å². The van der Waals surface area contributed by atoms with E-state index in [-0.39, 0.29) is 15.8 Å². The monoisotopic (exact) mass is 391 g/mol. The summed E-state index contributed by atoms with van der Waals surface area (Å²) in [6.45, 7) is 0. The first kappa shape index (κ1) is 12.8. The molecule has 0 spiro atoms. The third-order valence-corrected chi connectivity index (χ3v) is 3.19. The summed E-state index contributed by atoms with van der Waals surface area (Å²) in [7, 11) is 0. The minimum Gasteiger partial charge on any atom is -0.481 e. The van der Waals surface area contributed by atoms with E-state index in [9.17, 15) is 13.6 Å². The first-order chi connectivity index (χ1) is 6.91. The van der Waals surface area contributed by atoms with Crippen LogP contribution in [0.5, 0.6) is 0 Å². The molecule has 0 atom stereocenters. The molecule has 0 saturated heterocycles. The molecule has 0 fully saturated rings. The predicted molar refractivity (Wildman–Crippen MR) is 61.0 cm³/mol. The van der Waals surface area contributed by atoms with Crippen molar-refractivity contribution >= 4 is 44.5 Å². The molecule has 0 saturated carbocycles. The molecule has 82 valence electrons. The second-order valence-corrected chi connectivity index (χ2v) is 4.55. The second kappa shape index (κ2) is 5.15. The van der Waals surface area contributed by atoms with Crippen molar-refractivity contribution in [3.8, 4) is 0 Å². The highest BCUT2D eigenvalue weighted by Crippen LogP contribution is 2.27. The topological polar surface area (TPSA) is 50.2 Å². The van der Waals surface area contributed by atoms with Gasteiger partial charge < -0.3 is 5.11 Å². The Balaban J connectivity index is 3.15. The first-order valence-corrected chi connectivity index (χ1v) is 5.63. The van der Waals surface area contributed by atoms with Gasteiger partial charge in [-0.3, -0.25) is 4.79 Å². The van der Waals surface area contributed by atoms with Crippen molar-refractivity contribution in [3.63, 3.8) is 0 Å². The minimum absolute atomic E-state index is 0.241. The highest BCUT2D eigenvalue weighted by molar-refractivity contribution is 14.1. The second-order valence-electron chi connectivity index (χ2n) is 2.67. The third-order valence-electron chi connectivity index (χ3n) is 1.59. The van der Waals surface area contributed by atoms with Crippen molar-refractivity contribution in [3.05, 3.63) is 25.5 Å². The first-order valence-electron chi connectivity index (χ1n) is 3.76. The van der Waals surface area contributed by atoms with Crippen molar-refractivity contribution in [2.45, 2.75) is 12.8 Å². The van der Waals surface area contributed by atoms with Gasteiger partial charge >= 0.3 is 5.97 Å². The Kier molecular flexibility index (Phi) is 4.38. The average Bonchev–Trinajstić information content (AvgIpc) is 2.10. The smallest absolute Gasteiger partial charge is 0.307 e. The van der Waals surface area contributed by atoms with E-state index in [1.54, 1.807) is 22.6 Å². The number of hydrogen-bond acceptors (Lipinski definition) is 2. The molecule has 3 nitrogen and oxygen atoms in total. The van der Waals surface area contributed by atoms with Crippen LogP contribution in [0.4, 0.5) is 8.78 Å². The van der Waals surface area contributed by atoms with Crippen LogP contribution in [0, 0.1) is 3.70 Å². The van der Waals surface area contributed by atoms with Gasteiger partial charge in [-0.05, 0) is 28.7 Å². The van der Waals surface area contributed by atoms with E-state index in [2.05, 4.69) is 20.9 Å². The molecule has 0 aliphatic rings. The SMILES string of the molecule is O=C(O)Cc1c(Br)cc(C(F)F)nc1I. The zero-order valence-electron chi connectivity index (χ0n) is 7.18. The van der Waals surface area contributed by atoms with E-state index >= 15 is 0 Å². The molecule has 0 radical (unpaired) electrons. The third kappa shape index (κ3) is 3.33. The Morgan fingerprint density at radius 1 is 1.67 bits per heavy atom. The van der Waals surface area contributed by atoms with E-state index in [1.165, 1.54) is 0 Å². The molecular weight excluding hydrogens is 387 g/mol. The van der Waals surface area contributed by atoms with Crippen molar-refractivity contribution in [1.29, 1.82) is 0 Å². The van der Waals surface area contributed by atoms with Crippen molar-refractivity contribution in [2.75, 3.05) is 0 Å². The number of carbonyl (C=O) groups is 1. The van der Waals surface area contributed by atoms with Crippen LogP contribution in [-0.2, 0) is 11.2 Å². The molecule has 0 aliphatic heterocycles. The zero-order valence-corrected chi connectivity index (χ0v) is 10.9. The summed E-state index contributed by atoms with van der Waals surface area (Å²) >= 11 is 4.79. The van der Waals surface area contributed by atoms with Crippen LogP contribution >= 0.6 is 38.5 Å². The average molecular weight is 392 g/mol. The van der Waals surface area contributed by atoms with E-state index in [0.717, 1.165) is 6.07 Å². The predicted octanol–water partition coefficient (Wildman–Crippen LogP) is 3.01. The number of alkyl halides is 2. The van der Waals surface area contributed by atoms with Gasteiger partial charge in [0.15, 0.2) is 0 Å². The number of halogens is 4. The summed E-state index contributed by atoms with van der Waals surface area (Å²) in [5, 5.41) is 8.59. The molecule has 1 heterocycles. The quantitative estimate of drug-likeness (QED) is 0.636. The lowest BCUT2D eigenvalue weighted by Gasteiger charge is -2.07.